The van der Waals surface area contributed by atoms with Gasteiger partial charge in [-0.3, -0.25) is 0 Å². The monoisotopic (exact) mass is 819 g/mol. The molecule has 0 aliphatic heterocycles. The first kappa shape index (κ1) is 36.1. The highest BCUT2D eigenvalue weighted by Gasteiger charge is 2.18. The number of fused-ring (bicyclic) bond motifs is 9. The second kappa shape index (κ2) is 14.5. The number of furan rings is 3. The van der Waals surface area contributed by atoms with Crippen LogP contribution < -0.4 is 4.90 Å². The van der Waals surface area contributed by atoms with Gasteiger partial charge in [-0.15, -0.1) is 0 Å². The van der Waals surface area contributed by atoms with Gasteiger partial charge in [0.2, 0.25) is 0 Å². The largest absolute Gasteiger partial charge is 0.456 e. The van der Waals surface area contributed by atoms with Gasteiger partial charge in [-0.05, 0) is 123 Å². The number of hydrogen-bond acceptors (Lipinski definition) is 4. The van der Waals surface area contributed by atoms with E-state index < -0.39 is 0 Å². The summed E-state index contributed by atoms with van der Waals surface area (Å²) in [6.07, 6.45) is 0. The highest BCUT2D eigenvalue weighted by atomic mass is 16.3. The molecule has 0 N–H and O–H groups in total. The quantitative estimate of drug-likeness (QED) is 0.161. The standard InChI is InChI=1S/C60H37NO3/c1-4-14-53-49(9-1)50-36-29-43(37-58(50)64-53)40-21-19-38(20-22-40)39-23-30-44(31-24-39)61(45-32-25-41(26-33-45)47-12-7-17-56-59(47)51-10-2-5-15-54(51)62-56)46-34-27-42(28-35-46)48-13-8-18-57-60(48)52-11-3-6-16-55(52)63-57/h1-37H. The van der Waals surface area contributed by atoms with Gasteiger partial charge in [0.25, 0.3) is 0 Å². The fraction of sp³-hybridized carbons (Fsp3) is 0. The summed E-state index contributed by atoms with van der Waals surface area (Å²) in [7, 11) is 0. The number of rotatable bonds is 7. The lowest BCUT2D eigenvalue weighted by molar-refractivity contribution is 0.668. The van der Waals surface area contributed by atoms with Gasteiger partial charge < -0.3 is 18.2 Å². The van der Waals surface area contributed by atoms with Crippen LogP contribution >= 0.6 is 0 Å². The van der Waals surface area contributed by atoms with Gasteiger partial charge in [-0.2, -0.15) is 0 Å². The van der Waals surface area contributed by atoms with Gasteiger partial charge in [-0.1, -0.05) is 146 Å². The molecule has 0 saturated heterocycles. The topological polar surface area (TPSA) is 42.7 Å². The molecule has 10 aromatic carbocycles. The van der Waals surface area contributed by atoms with Crippen LogP contribution in [0, 0.1) is 0 Å². The third-order valence-electron chi connectivity index (χ3n) is 12.7. The second-order valence-electron chi connectivity index (χ2n) is 16.4. The first-order valence-corrected chi connectivity index (χ1v) is 21.6. The van der Waals surface area contributed by atoms with Crippen molar-refractivity contribution in [1.82, 2.24) is 0 Å². The van der Waals surface area contributed by atoms with E-state index in [1.54, 1.807) is 0 Å². The maximum atomic E-state index is 6.25. The molecule has 0 saturated carbocycles. The van der Waals surface area contributed by atoms with E-state index in [9.17, 15) is 0 Å². The highest BCUT2D eigenvalue weighted by molar-refractivity contribution is 6.13. The van der Waals surface area contributed by atoms with Crippen molar-refractivity contribution in [1.29, 1.82) is 0 Å². The van der Waals surface area contributed by atoms with Crippen LogP contribution in [0.1, 0.15) is 0 Å². The fourth-order valence-corrected chi connectivity index (χ4v) is 9.62. The summed E-state index contributed by atoms with van der Waals surface area (Å²) in [5, 5.41) is 6.79. The summed E-state index contributed by atoms with van der Waals surface area (Å²) in [5.74, 6) is 0. The molecule has 0 radical (unpaired) electrons. The zero-order chi connectivity index (χ0) is 42.1. The van der Waals surface area contributed by atoms with E-state index in [0.29, 0.717) is 0 Å². The average molecular weight is 820 g/mol. The molecule has 3 aromatic heterocycles. The first-order chi connectivity index (χ1) is 31.7. The maximum Gasteiger partial charge on any atom is 0.136 e. The van der Waals surface area contributed by atoms with Gasteiger partial charge in [0, 0.05) is 49.4 Å². The molecule has 4 nitrogen and oxygen atoms in total. The smallest absolute Gasteiger partial charge is 0.136 e. The summed E-state index contributed by atoms with van der Waals surface area (Å²) in [6, 6.07) is 79.3. The van der Waals surface area contributed by atoms with Crippen molar-refractivity contribution in [2.45, 2.75) is 0 Å². The Morgan fingerprint density at radius 1 is 0.234 bits per heavy atom. The Kier molecular flexibility index (Phi) is 8.18. The van der Waals surface area contributed by atoms with Crippen LogP contribution in [0.25, 0.3) is 110 Å². The number of hydrogen-bond donors (Lipinski definition) is 0. The van der Waals surface area contributed by atoms with E-state index in [0.717, 1.165) is 127 Å². The molecule has 0 amide bonds. The van der Waals surface area contributed by atoms with Crippen molar-refractivity contribution < 1.29 is 13.3 Å². The van der Waals surface area contributed by atoms with Crippen molar-refractivity contribution in [3.05, 3.63) is 224 Å². The van der Waals surface area contributed by atoms with Crippen LogP contribution in [-0.2, 0) is 0 Å². The van der Waals surface area contributed by atoms with Gasteiger partial charge in [0.05, 0.1) is 0 Å². The minimum Gasteiger partial charge on any atom is -0.456 e. The Bertz CT molecular complexity index is 3710. The summed E-state index contributed by atoms with van der Waals surface area (Å²) < 4.78 is 18.7. The van der Waals surface area contributed by atoms with E-state index in [1.807, 2.05) is 36.4 Å². The third-order valence-corrected chi connectivity index (χ3v) is 12.7. The zero-order valence-electron chi connectivity index (χ0n) is 34.5. The molecule has 0 bridgehead atoms. The van der Waals surface area contributed by atoms with Crippen molar-refractivity contribution in [2.24, 2.45) is 0 Å². The first-order valence-electron chi connectivity index (χ1n) is 21.6. The van der Waals surface area contributed by atoms with E-state index in [1.165, 1.54) is 0 Å². The zero-order valence-corrected chi connectivity index (χ0v) is 34.5. The molecule has 0 fully saturated rings. The molecule has 0 aliphatic carbocycles. The van der Waals surface area contributed by atoms with Crippen molar-refractivity contribution in [3.8, 4) is 44.5 Å². The Balaban J connectivity index is 0.859. The van der Waals surface area contributed by atoms with Crippen LogP contribution in [-0.4, -0.2) is 0 Å². The molecule has 4 heteroatoms. The van der Waals surface area contributed by atoms with Gasteiger partial charge in [0.1, 0.15) is 33.5 Å². The van der Waals surface area contributed by atoms with Crippen molar-refractivity contribution in [2.75, 3.05) is 4.90 Å². The van der Waals surface area contributed by atoms with Crippen LogP contribution in [0.2, 0.25) is 0 Å². The molecule has 0 atom stereocenters. The number of para-hydroxylation sites is 3. The van der Waals surface area contributed by atoms with Crippen LogP contribution in [0.3, 0.4) is 0 Å². The Labute approximate surface area is 368 Å². The Morgan fingerprint density at radius 2 is 0.578 bits per heavy atom. The number of benzene rings is 10. The molecule has 300 valence electrons. The summed E-state index contributed by atoms with van der Waals surface area (Å²) in [4.78, 5) is 2.33. The molecular weight excluding hydrogens is 783 g/mol. The van der Waals surface area contributed by atoms with E-state index >= 15 is 0 Å². The Hall–Kier alpha value is -8.60. The highest BCUT2D eigenvalue weighted by Crippen LogP contribution is 2.42. The van der Waals surface area contributed by atoms with E-state index in [4.69, 9.17) is 13.3 Å². The lowest BCUT2D eigenvalue weighted by Crippen LogP contribution is -2.09. The molecule has 13 aromatic rings. The Morgan fingerprint density at radius 3 is 1.08 bits per heavy atom. The van der Waals surface area contributed by atoms with Crippen molar-refractivity contribution >= 4 is 82.9 Å². The minimum absolute atomic E-state index is 0.891. The van der Waals surface area contributed by atoms with E-state index in [2.05, 4.69) is 193 Å². The van der Waals surface area contributed by atoms with Crippen LogP contribution in [0.5, 0.6) is 0 Å². The molecule has 64 heavy (non-hydrogen) atoms. The van der Waals surface area contributed by atoms with Gasteiger partial charge >= 0.3 is 0 Å². The summed E-state index contributed by atoms with van der Waals surface area (Å²) in [6.45, 7) is 0. The number of anilines is 3. The number of nitrogens with zero attached hydrogens (tertiary/aromatic N) is 1. The predicted octanol–water partition coefficient (Wildman–Crippen LogP) is 17.5. The molecule has 0 spiro atoms. The van der Waals surface area contributed by atoms with Crippen LogP contribution in [0.15, 0.2) is 238 Å². The molecule has 3 heterocycles. The van der Waals surface area contributed by atoms with Gasteiger partial charge in [-0.25, -0.2) is 0 Å². The fourth-order valence-electron chi connectivity index (χ4n) is 9.62. The molecule has 0 aliphatic rings. The predicted molar refractivity (Wildman–Crippen MR) is 265 cm³/mol. The normalized spacial score (nSPS) is 11.8. The minimum atomic E-state index is 0.891. The molecule has 13 rings (SSSR count). The third kappa shape index (κ3) is 5.92. The van der Waals surface area contributed by atoms with Gasteiger partial charge in [0.15, 0.2) is 0 Å². The lowest BCUT2D eigenvalue weighted by Gasteiger charge is -2.26. The lowest BCUT2D eigenvalue weighted by atomic mass is 9.98. The summed E-state index contributed by atoms with van der Waals surface area (Å²) >= 11 is 0. The van der Waals surface area contributed by atoms with Crippen LogP contribution in [0.4, 0.5) is 17.1 Å². The molecule has 0 unspecified atom stereocenters. The second-order valence-corrected chi connectivity index (χ2v) is 16.4. The average Bonchev–Trinajstić information content (AvgIpc) is 4.06. The maximum absolute atomic E-state index is 6.25. The summed E-state index contributed by atoms with van der Waals surface area (Å²) in [5.41, 5.74) is 17.7. The molecular formula is C60H37NO3. The van der Waals surface area contributed by atoms with E-state index in [-0.39, 0.29) is 0 Å². The SMILES string of the molecule is c1ccc2c(c1)oc1cc(-c3ccc(-c4ccc(N(c5ccc(-c6cccc7oc8ccccc8c67)cc5)c5ccc(-c6cccc7oc8ccccc8c67)cc5)cc4)cc3)ccc12. The van der Waals surface area contributed by atoms with Crippen molar-refractivity contribution in [3.63, 3.8) is 0 Å².